The molecular formula is C12H17N5O2. The third-order valence-electron chi connectivity index (χ3n) is 3.63. The highest BCUT2D eigenvalue weighted by atomic mass is 16.6. The number of anilines is 2. The number of nitrogens with two attached hydrogens (primary N) is 1. The number of amides is 1. The molecule has 1 unspecified atom stereocenters. The summed E-state index contributed by atoms with van der Waals surface area (Å²) in [6.07, 6.45) is 3.21. The van der Waals surface area contributed by atoms with Crippen LogP contribution in [-0.4, -0.2) is 53.2 Å². The number of ether oxygens (including phenoxy) is 1. The highest BCUT2D eigenvalue weighted by molar-refractivity contribution is 5.70. The van der Waals surface area contributed by atoms with Crippen LogP contribution in [0.2, 0.25) is 0 Å². The number of piperidine rings is 1. The molecule has 0 saturated carbocycles. The fourth-order valence-electron chi connectivity index (χ4n) is 2.79. The van der Waals surface area contributed by atoms with Gasteiger partial charge in [-0.25, -0.2) is 9.78 Å². The zero-order chi connectivity index (χ0) is 13.5. The van der Waals surface area contributed by atoms with Gasteiger partial charge in [-0.15, -0.1) is 0 Å². The molecule has 0 aromatic carbocycles. The summed E-state index contributed by atoms with van der Waals surface area (Å²) in [4.78, 5) is 23.7. The summed E-state index contributed by atoms with van der Waals surface area (Å²) in [5, 5.41) is 0. The van der Waals surface area contributed by atoms with Crippen LogP contribution in [0.15, 0.2) is 12.3 Å². The van der Waals surface area contributed by atoms with E-state index in [0.717, 1.165) is 19.4 Å². The summed E-state index contributed by atoms with van der Waals surface area (Å²) < 4.78 is 5.54. The monoisotopic (exact) mass is 263 g/mol. The van der Waals surface area contributed by atoms with E-state index in [-0.39, 0.29) is 6.09 Å². The van der Waals surface area contributed by atoms with Crippen molar-refractivity contribution in [2.45, 2.75) is 18.4 Å². The first-order valence-corrected chi connectivity index (χ1v) is 6.36. The Bertz CT molecular complexity index is 509. The third kappa shape index (κ3) is 2.16. The van der Waals surface area contributed by atoms with Crippen LogP contribution in [0.4, 0.5) is 16.6 Å². The van der Waals surface area contributed by atoms with Crippen LogP contribution in [0.3, 0.4) is 0 Å². The molecule has 0 aliphatic carbocycles. The lowest BCUT2D eigenvalue weighted by Crippen LogP contribution is -2.51. The van der Waals surface area contributed by atoms with Crippen LogP contribution >= 0.6 is 0 Å². The molecule has 1 aromatic heterocycles. The molecule has 19 heavy (non-hydrogen) atoms. The zero-order valence-corrected chi connectivity index (χ0v) is 10.9. The second-order valence-corrected chi connectivity index (χ2v) is 5.21. The minimum atomic E-state index is -0.432. The normalized spacial score (nSPS) is 26.9. The van der Waals surface area contributed by atoms with Gasteiger partial charge in [0, 0.05) is 19.8 Å². The van der Waals surface area contributed by atoms with E-state index >= 15 is 0 Å². The Labute approximate surface area is 111 Å². The van der Waals surface area contributed by atoms with Crippen molar-refractivity contribution in [3.63, 3.8) is 0 Å². The molecule has 2 N–H and O–H groups in total. The molecule has 2 aliphatic rings. The average Bonchev–Trinajstić information content (AvgIpc) is 2.64. The molecule has 0 radical (unpaired) electrons. The fraction of sp³-hybridized carbons (Fsp3) is 0.583. The van der Waals surface area contributed by atoms with Crippen molar-refractivity contribution in [2.75, 3.05) is 37.3 Å². The molecular weight excluding hydrogens is 246 g/mol. The summed E-state index contributed by atoms with van der Waals surface area (Å²) in [6.45, 7) is 2.09. The van der Waals surface area contributed by atoms with Gasteiger partial charge in [0.25, 0.3) is 0 Å². The van der Waals surface area contributed by atoms with Crippen molar-refractivity contribution in [3.05, 3.63) is 12.3 Å². The molecule has 0 bridgehead atoms. The molecule has 1 spiro atoms. The summed E-state index contributed by atoms with van der Waals surface area (Å²) >= 11 is 0. The largest absolute Gasteiger partial charge is 0.439 e. The Balaban J connectivity index is 1.81. The van der Waals surface area contributed by atoms with Crippen molar-refractivity contribution in [3.8, 4) is 0 Å². The van der Waals surface area contributed by atoms with E-state index in [1.54, 1.807) is 24.2 Å². The minimum Gasteiger partial charge on any atom is -0.439 e. The van der Waals surface area contributed by atoms with E-state index < -0.39 is 5.60 Å². The summed E-state index contributed by atoms with van der Waals surface area (Å²) in [5.41, 5.74) is 5.25. The van der Waals surface area contributed by atoms with Crippen LogP contribution in [0.5, 0.6) is 0 Å². The first-order valence-electron chi connectivity index (χ1n) is 6.36. The Hall–Kier alpha value is -2.05. The topological polar surface area (TPSA) is 84.6 Å². The van der Waals surface area contributed by atoms with E-state index in [2.05, 4.69) is 9.97 Å². The molecule has 7 nitrogen and oxygen atoms in total. The second-order valence-electron chi connectivity index (χ2n) is 5.21. The lowest BCUT2D eigenvalue weighted by Gasteiger charge is -2.38. The number of hydrogen-bond acceptors (Lipinski definition) is 6. The van der Waals surface area contributed by atoms with Gasteiger partial charge < -0.3 is 20.3 Å². The fourth-order valence-corrected chi connectivity index (χ4v) is 2.79. The van der Waals surface area contributed by atoms with Gasteiger partial charge in [0.15, 0.2) is 0 Å². The zero-order valence-electron chi connectivity index (χ0n) is 10.9. The number of carbonyl (C=O) groups is 1. The summed E-state index contributed by atoms with van der Waals surface area (Å²) in [5.74, 6) is 1.05. The minimum absolute atomic E-state index is 0.254. The molecule has 102 valence electrons. The smallest absolute Gasteiger partial charge is 0.410 e. The molecule has 7 heteroatoms. The number of nitrogens with zero attached hydrogens (tertiary/aromatic N) is 4. The maximum absolute atomic E-state index is 11.6. The van der Waals surface area contributed by atoms with Gasteiger partial charge in [-0.05, 0) is 18.9 Å². The molecule has 1 aromatic rings. The molecule has 2 saturated heterocycles. The van der Waals surface area contributed by atoms with Gasteiger partial charge in [0.1, 0.15) is 11.4 Å². The van der Waals surface area contributed by atoms with Gasteiger partial charge in [-0.2, -0.15) is 4.98 Å². The van der Waals surface area contributed by atoms with Crippen molar-refractivity contribution in [2.24, 2.45) is 0 Å². The molecule has 1 atom stereocenters. The molecule has 1 amide bonds. The van der Waals surface area contributed by atoms with E-state index in [0.29, 0.717) is 24.9 Å². The average molecular weight is 263 g/mol. The Morgan fingerprint density at radius 1 is 1.47 bits per heavy atom. The summed E-state index contributed by atoms with van der Waals surface area (Å²) in [7, 11) is 1.76. The van der Waals surface area contributed by atoms with Crippen molar-refractivity contribution in [1.82, 2.24) is 14.9 Å². The van der Waals surface area contributed by atoms with Gasteiger partial charge in [-0.1, -0.05) is 0 Å². The number of likely N-dealkylation sites (N-methyl/N-ethyl adjacent to an activating group) is 1. The van der Waals surface area contributed by atoms with Crippen LogP contribution in [0.25, 0.3) is 0 Å². The van der Waals surface area contributed by atoms with Gasteiger partial charge in [0.05, 0.1) is 13.1 Å². The quantitative estimate of drug-likeness (QED) is 0.793. The summed E-state index contributed by atoms with van der Waals surface area (Å²) in [6, 6.07) is 1.66. The van der Waals surface area contributed by atoms with Crippen molar-refractivity contribution >= 4 is 17.9 Å². The van der Waals surface area contributed by atoms with Gasteiger partial charge in [-0.3, -0.25) is 0 Å². The van der Waals surface area contributed by atoms with E-state index in [1.165, 1.54) is 0 Å². The van der Waals surface area contributed by atoms with Gasteiger partial charge >= 0.3 is 6.09 Å². The van der Waals surface area contributed by atoms with Crippen LogP contribution in [0.1, 0.15) is 12.8 Å². The second kappa shape index (κ2) is 4.25. The van der Waals surface area contributed by atoms with Crippen LogP contribution in [-0.2, 0) is 4.74 Å². The van der Waals surface area contributed by atoms with E-state index in [4.69, 9.17) is 10.5 Å². The number of rotatable bonds is 1. The number of nitrogen functional groups attached to an aromatic ring is 1. The maximum Gasteiger partial charge on any atom is 0.410 e. The van der Waals surface area contributed by atoms with E-state index in [9.17, 15) is 4.79 Å². The maximum atomic E-state index is 11.6. The Morgan fingerprint density at radius 3 is 3.00 bits per heavy atom. The predicted molar refractivity (Wildman–Crippen MR) is 69.7 cm³/mol. The van der Waals surface area contributed by atoms with Crippen LogP contribution < -0.4 is 10.6 Å². The first kappa shape index (κ1) is 12.0. The Kier molecular flexibility index (Phi) is 2.69. The van der Waals surface area contributed by atoms with E-state index in [1.807, 2.05) is 4.90 Å². The number of aromatic nitrogens is 2. The van der Waals surface area contributed by atoms with Gasteiger partial charge in [0.2, 0.25) is 5.95 Å². The highest BCUT2D eigenvalue weighted by Gasteiger charge is 2.46. The van der Waals surface area contributed by atoms with Crippen LogP contribution in [0, 0.1) is 0 Å². The number of hydrogen-bond donors (Lipinski definition) is 1. The SMILES string of the molecule is CN1CC2(CCCN(c3nccc(N)n3)C2)OC1=O. The third-order valence-corrected chi connectivity index (χ3v) is 3.63. The molecule has 3 heterocycles. The number of carbonyl (C=O) groups excluding carboxylic acids is 1. The lowest BCUT2D eigenvalue weighted by molar-refractivity contribution is 0.0443. The Morgan fingerprint density at radius 2 is 2.32 bits per heavy atom. The molecule has 2 fully saturated rings. The first-order chi connectivity index (χ1) is 9.08. The highest BCUT2D eigenvalue weighted by Crippen LogP contribution is 2.32. The molecule has 2 aliphatic heterocycles. The van der Waals surface area contributed by atoms with Crippen molar-refractivity contribution in [1.29, 1.82) is 0 Å². The molecule has 3 rings (SSSR count). The lowest BCUT2D eigenvalue weighted by atomic mass is 9.93. The predicted octanol–water partition coefficient (Wildman–Crippen LogP) is 0.480. The van der Waals surface area contributed by atoms with Crippen molar-refractivity contribution < 1.29 is 9.53 Å². The standard InChI is InChI=1S/C12H17N5O2/c1-16-7-12(19-11(16)18)4-2-6-17(8-12)10-14-5-3-9(13)15-10/h3,5H,2,4,6-8H2,1H3,(H2,13,14,15).